The molecular formula is C13H28N2. The maximum atomic E-state index is 3.53. The van der Waals surface area contributed by atoms with Crippen LogP contribution in [-0.4, -0.2) is 37.1 Å². The second-order valence-electron chi connectivity index (χ2n) is 5.33. The quantitative estimate of drug-likeness (QED) is 0.681. The van der Waals surface area contributed by atoms with E-state index in [1.54, 1.807) is 0 Å². The van der Waals surface area contributed by atoms with Crippen LogP contribution in [0.4, 0.5) is 0 Å². The Bertz CT molecular complexity index is 151. The molecule has 2 heteroatoms. The predicted molar refractivity (Wildman–Crippen MR) is 67.2 cm³/mol. The van der Waals surface area contributed by atoms with Gasteiger partial charge < -0.3 is 10.2 Å². The summed E-state index contributed by atoms with van der Waals surface area (Å²) in [5, 5.41) is 3.53. The van der Waals surface area contributed by atoms with Crippen LogP contribution in [0.25, 0.3) is 0 Å². The van der Waals surface area contributed by atoms with E-state index in [4.69, 9.17) is 0 Å². The second kappa shape index (κ2) is 7.24. The van der Waals surface area contributed by atoms with Crippen molar-refractivity contribution in [3.63, 3.8) is 0 Å². The van der Waals surface area contributed by atoms with Crippen LogP contribution in [0.15, 0.2) is 0 Å². The molecule has 1 fully saturated rings. The van der Waals surface area contributed by atoms with Gasteiger partial charge in [-0.1, -0.05) is 20.3 Å². The fraction of sp³-hybridized carbons (Fsp3) is 1.00. The van der Waals surface area contributed by atoms with Gasteiger partial charge >= 0.3 is 0 Å². The predicted octanol–water partition coefficient (Wildman–Crippen LogP) is 2.50. The van der Waals surface area contributed by atoms with Gasteiger partial charge in [-0.15, -0.1) is 0 Å². The normalized spacial score (nSPS) is 20.8. The van der Waals surface area contributed by atoms with E-state index in [0.29, 0.717) is 0 Å². The zero-order valence-corrected chi connectivity index (χ0v) is 10.8. The van der Waals surface area contributed by atoms with Gasteiger partial charge in [0.05, 0.1) is 0 Å². The lowest BCUT2D eigenvalue weighted by atomic mass is 10.1. The summed E-state index contributed by atoms with van der Waals surface area (Å²) in [5.74, 6) is 0.773. The molecule has 1 heterocycles. The molecule has 0 amide bonds. The first-order valence-electron chi connectivity index (χ1n) is 6.65. The van der Waals surface area contributed by atoms with E-state index in [-0.39, 0.29) is 0 Å². The Morgan fingerprint density at radius 1 is 1.07 bits per heavy atom. The molecule has 0 saturated carbocycles. The van der Waals surface area contributed by atoms with E-state index < -0.39 is 0 Å². The van der Waals surface area contributed by atoms with E-state index in [2.05, 4.69) is 31.0 Å². The Morgan fingerprint density at radius 3 is 2.33 bits per heavy atom. The van der Waals surface area contributed by atoms with Crippen LogP contribution >= 0.6 is 0 Å². The first kappa shape index (κ1) is 13.0. The number of hydrogen-bond acceptors (Lipinski definition) is 2. The van der Waals surface area contributed by atoms with Gasteiger partial charge in [-0.05, 0) is 58.3 Å². The fourth-order valence-corrected chi connectivity index (χ4v) is 2.24. The molecule has 1 unspecified atom stereocenters. The molecule has 0 bridgehead atoms. The zero-order valence-electron chi connectivity index (χ0n) is 10.8. The Hall–Kier alpha value is -0.0800. The van der Waals surface area contributed by atoms with Crippen LogP contribution in [0.1, 0.15) is 46.5 Å². The molecule has 1 aliphatic rings. The van der Waals surface area contributed by atoms with E-state index >= 15 is 0 Å². The summed E-state index contributed by atoms with van der Waals surface area (Å²) < 4.78 is 0. The van der Waals surface area contributed by atoms with Crippen LogP contribution in [0.5, 0.6) is 0 Å². The Kier molecular flexibility index (Phi) is 6.26. The van der Waals surface area contributed by atoms with Gasteiger partial charge in [0.15, 0.2) is 0 Å². The molecule has 0 spiro atoms. The number of rotatable bonds is 6. The first-order valence-corrected chi connectivity index (χ1v) is 6.65. The Balaban J connectivity index is 2.04. The Labute approximate surface area is 95.4 Å². The van der Waals surface area contributed by atoms with Crippen LogP contribution in [-0.2, 0) is 0 Å². The van der Waals surface area contributed by atoms with Gasteiger partial charge in [-0.25, -0.2) is 0 Å². The molecule has 1 saturated heterocycles. The van der Waals surface area contributed by atoms with Crippen molar-refractivity contribution in [2.75, 3.05) is 26.2 Å². The van der Waals surface area contributed by atoms with Crippen molar-refractivity contribution in [1.29, 1.82) is 0 Å². The minimum Gasteiger partial charge on any atom is -0.316 e. The minimum atomic E-state index is 0.768. The molecule has 1 N–H and O–H groups in total. The van der Waals surface area contributed by atoms with Crippen LogP contribution < -0.4 is 5.32 Å². The van der Waals surface area contributed by atoms with Crippen LogP contribution in [0.3, 0.4) is 0 Å². The maximum Gasteiger partial charge on any atom is 0.00790 e. The number of hydrogen-bond donors (Lipinski definition) is 1. The van der Waals surface area contributed by atoms with Gasteiger partial charge in [-0.3, -0.25) is 0 Å². The van der Waals surface area contributed by atoms with Gasteiger partial charge in [0, 0.05) is 6.04 Å². The summed E-state index contributed by atoms with van der Waals surface area (Å²) in [6, 6.07) is 0.768. The Morgan fingerprint density at radius 2 is 1.73 bits per heavy atom. The van der Waals surface area contributed by atoms with E-state index in [1.165, 1.54) is 45.3 Å². The molecule has 0 aromatic rings. The summed E-state index contributed by atoms with van der Waals surface area (Å²) in [6.07, 6.45) is 5.55. The average Bonchev–Trinajstić information content (AvgIpc) is 2.25. The van der Waals surface area contributed by atoms with Gasteiger partial charge in [0.1, 0.15) is 0 Å². The fourth-order valence-electron chi connectivity index (χ4n) is 2.24. The molecular weight excluding hydrogens is 184 g/mol. The lowest BCUT2D eigenvalue weighted by molar-refractivity contribution is 0.166. The zero-order chi connectivity index (χ0) is 11.1. The molecule has 0 aromatic heterocycles. The highest BCUT2D eigenvalue weighted by Crippen LogP contribution is 2.13. The smallest absolute Gasteiger partial charge is 0.00790 e. The van der Waals surface area contributed by atoms with E-state index in [9.17, 15) is 0 Å². The maximum absolute atomic E-state index is 3.53. The first-order chi connectivity index (χ1) is 7.20. The number of nitrogens with zero attached hydrogens (tertiary/aromatic N) is 1. The van der Waals surface area contributed by atoms with Crippen molar-refractivity contribution in [2.24, 2.45) is 5.92 Å². The van der Waals surface area contributed by atoms with Crippen molar-refractivity contribution in [2.45, 2.75) is 52.5 Å². The van der Waals surface area contributed by atoms with Gasteiger partial charge in [0.25, 0.3) is 0 Å². The number of nitrogens with one attached hydrogen (secondary N) is 1. The largest absolute Gasteiger partial charge is 0.316 e. The van der Waals surface area contributed by atoms with E-state index in [0.717, 1.165) is 18.5 Å². The molecule has 1 aliphatic heterocycles. The van der Waals surface area contributed by atoms with Crippen molar-refractivity contribution >= 4 is 0 Å². The molecule has 0 aromatic carbocycles. The SMILES string of the molecule is CC(C)CNCCC(C)N1CCCCC1. The second-order valence-corrected chi connectivity index (χ2v) is 5.33. The van der Waals surface area contributed by atoms with Crippen LogP contribution in [0.2, 0.25) is 0 Å². The summed E-state index contributed by atoms with van der Waals surface area (Å²) in [5.41, 5.74) is 0. The van der Waals surface area contributed by atoms with Crippen molar-refractivity contribution in [1.82, 2.24) is 10.2 Å². The third kappa shape index (κ3) is 5.53. The van der Waals surface area contributed by atoms with Crippen molar-refractivity contribution in [3.8, 4) is 0 Å². The van der Waals surface area contributed by atoms with E-state index in [1.807, 2.05) is 0 Å². The number of likely N-dealkylation sites (tertiary alicyclic amines) is 1. The topological polar surface area (TPSA) is 15.3 Å². The molecule has 90 valence electrons. The van der Waals surface area contributed by atoms with Crippen LogP contribution in [0, 0.1) is 5.92 Å². The third-order valence-corrected chi connectivity index (χ3v) is 3.31. The lowest BCUT2D eigenvalue weighted by Gasteiger charge is -2.32. The number of piperidine rings is 1. The minimum absolute atomic E-state index is 0.768. The molecule has 2 nitrogen and oxygen atoms in total. The highest BCUT2D eigenvalue weighted by atomic mass is 15.2. The highest BCUT2D eigenvalue weighted by Gasteiger charge is 2.15. The average molecular weight is 212 g/mol. The summed E-state index contributed by atoms with van der Waals surface area (Å²) in [7, 11) is 0. The van der Waals surface area contributed by atoms with Crippen molar-refractivity contribution < 1.29 is 0 Å². The standard InChI is InChI=1S/C13H28N2/c1-12(2)11-14-8-7-13(3)15-9-5-4-6-10-15/h12-14H,4-11H2,1-3H3. The molecule has 1 rings (SSSR count). The monoisotopic (exact) mass is 212 g/mol. The molecule has 0 radical (unpaired) electrons. The van der Waals surface area contributed by atoms with Gasteiger partial charge in [0.2, 0.25) is 0 Å². The highest BCUT2D eigenvalue weighted by molar-refractivity contribution is 4.72. The van der Waals surface area contributed by atoms with Crippen molar-refractivity contribution in [3.05, 3.63) is 0 Å². The molecule has 15 heavy (non-hydrogen) atoms. The molecule has 1 atom stereocenters. The van der Waals surface area contributed by atoms with Gasteiger partial charge in [-0.2, -0.15) is 0 Å². The molecule has 0 aliphatic carbocycles. The third-order valence-electron chi connectivity index (χ3n) is 3.31. The summed E-state index contributed by atoms with van der Waals surface area (Å²) in [6.45, 7) is 11.9. The summed E-state index contributed by atoms with van der Waals surface area (Å²) >= 11 is 0. The lowest BCUT2D eigenvalue weighted by Crippen LogP contribution is -2.39. The summed E-state index contributed by atoms with van der Waals surface area (Å²) in [4.78, 5) is 2.65.